The van der Waals surface area contributed by atoms with E-state index in [4.69, 9.17) is 11.5 Å². The molecule has 1 aliphatic rings. The summed E-state index contributed by atoms with van der Waals surface area (Å²) in [5.41, 5.74) is 9.96. The van der Waals surface area contributed by atoms with E-state index in [1.807, 2.05) is 0 Å². The number of ketones is 2. The van der Waals surface area contributed by atoms with Crippen LogP contribution >= 0.6 is 0 Å². The molecular weight excluding hydrogens is 260 g/mol. The van der Waals surface area contributed by atoms with E-state index in [2.05, 4.69) is 0 Å². The van der Waals surface area contributed by atoms with Crippen LogP contribution in [0.1, 0.15) is 51.4 Å². The summed E-state index contributed by atoms with van der Waals surface area (Å²) in [6.45, 7) is 0. The minimum Gasteiger partial charge on any atom is -0.369 e. The molecule has 0 bridgehead atoms. The lowest BCUT2D eigenvalue weighted by Crippen LogP contribution is -2.23. The number of hydrogen-bond acceptors (Lipinski definition) is 4. The van der Waals surface area contributed by atoms with Gasteiger partial charge in [-0.2, -0.15) is 0 Å². The molecule has 0 radical (unpaired) electrons. The largest absolute Gasteiger partial charge is 0.369 e. The zero-order valence-electron chi connectivity index (χ0n) is 11.6. The van der Waals surface area contributed by atoms with Crippen molar-refractivity contribution in [2.75, 3.05) is 0 Å². The van der Waals surface area contributed by atoms with Gasteiger partial charge in [-0.15, -0.1) is 0 Å². The summed E-state index contributed by atoms with van der Waals surface area (Å²) < 4.78 is 0. The van der Waals surface area contributed by atoms with Crippen LogP contribution in [0.4, 0.5) is 0 Å². The Morgan fingerprint density at radius 1 is 0.700 bits per heavy atom. The molecule has 0 spiro atoms. The molecule has 112 valence electrons. The maximum atomic E-state index is 11.5. The molecule has 0 heterocycles. The average molecular weight is 282 g/mol. The zero-order chi connectivity index (χ0) is 15.1. The van der Waals surface area contributed by atoms with Crippen molar-refractivity contribution >= 4 is 23.4 Å². The van der Waals surface area contributed by atoms with E-state index in [9.17, 15) is 19.2 Å². The molecule has 1 saturated carbocycles. The van der Waals surface area contributed by atoms with Crippen molar-refractivity contribution in [3.05, 3.63) is 0 Å². The number of carbonyl (C=O) groups is 4. The van der Waals surface area contributed by atoms with E-state index in [1.54, 1.807) is 0 Å². The van der Waals surface area contributed by atoms with Gasteiger partial charge < -0.3 is 11.5 Å². The molecule has 0 aromatic heterocycles. The predicted molar refractivity (Wildman–Crippen MR) is 72.3 cm³/mol. The first kappa shape index (κ1) is 16.3. The Morgan fingerprint density at radius 3 is 1.25 bits per heavy atom. The fourth-order valence-electron chi connectivity index (χ4n) is 2.82. The minimum absolute atomic E-state index is 0.106. The van der Waals surface area contributed by atoms with E-state index in [-0.39, 0.29) is 36.2 Å². The number of Topliss-reactive ketones (excluding diaryl/α,β-unsaturated/α-hetero) is 2. The first-order valence-corrected chi connectivity index (χ1v) is 6.96. The van der Waals surface area contributed by atoms with Crippen molar-refractivity contribution in [2.24, 2.45) is 23.3 Å². The molecule has 2 amide bonds. The second-order valence-electron chi connectivity index (χ2n) is 5.66. The lowest BCUT2D eigenvalue weighted by atomic mass is 9.77. The van der Waals surface area contributed by atoms with Crippen LogP contribution in [-0.4, -0.2) is 23.4 Å². The van der Waals surface area contributed by atoms with E-state index >= 15 is 0 Å². The maximum Gasteiger partial charge on any atom is 0.224 e. The van der Waals surface area contributed by atoms with Crippen LogP contribution in [0.3, 0.4) is 0 Å². The highest BCUT2D eigenvalue weighted by Gasteiger charge is 2.25. The van der Waals surface area contributed by atoms with Gasteiger partial charge in [-0.25, -0.2) is 0 Å². The number of nitrogens with two attached hydrogens (primary N) is 2. The van der Waals surface area contributed by atoms with Gasteiger partial charge in [0.2, 0.25) is 11.8 Å². The molecule has 0 aliphatic heterocycles. The first-order chi connectivity index (χ1) is 9.36. The third-order valence-corrected chi connectivity index (χ3v) is 3.74. The number of rotatable bonds is 8. The second kappa shape index (κ2) is 7.77. The third-order valence-electron chi connectivity index (χ3n) is 3.74. The lowest BCUT2D eigenvalue weighted by Gasteiger charge is -2.27. The Morgan fingerprint density at radius 2 is 1.00 bits per heavy atom. The molecule has 4 N–H and O–H groups in total. The quantitative estimate of drug-likeness (QED) is 0.628. The average Bonchev–Trinajstić information content (AvgIpc) is 2.29. The molecule has 6 nitrogen and oxygen atoms in total. The summed E-state index contributed by atoms with van der Waals surface area (Å²) in [7, 11) is 0. The number of primary amides is 2. The zero-order valence-corrected chi connectivity index (χ0v) is 11.6. The summed E-state index contributed by atoms with van der Waals surface area (Å²) >= 11 is 0. The van der Waals surface area contributed by atoms with E-state index in [1.165, 1.54) is 0 Å². The molecule has 0 atom stereocenters. The van der Waals surface area contributed by atoms with Gasteiger partial charge in [-0.05, 0) is 37.5 Å². The second-order valence-corrected chi connectivity index (χ2v) is 5.66. The molecule has 20 heavy (non-hydrogen) atoms. The smallest absolute Gasteiger partial charge is 0.224 e. The summed E-state index contributed by atoms with van der Waals surface area (Å²) in [4.78, 5) is 44.3. The van der Waals surface area contributed by atoms with Gasteiger partial charge in [-0.1, -0.05) is 0 Å². The van der Waals surface area contributed by atoms with Crippen molar-refractivity contribution < 1.29 is 19.2 Å². The van der Waals surface area contributed by atoms with Gasteiger partial charge in [0.05, 0.1) is 12.8 Å². The van der Waals surface area contributed by atoms with Crippen molar-refractivity contribution in [3.8, 4) is 0 Å². The molecule has 1 rings (SSSR count). The molecule has 1 fully saturated rings. The summed E-state index contributed by atoms with van der Waals surface area (Å²) in [6.07, 6.45) is 3.92. The monoisotopic (exact) mass is 282 g/mol. The molecule has 0 saturated heterocycles. The highest BCUT2D eigenvalue weighted by Crippen LogP contribution is 2.33. The van der Waals surface area contributed by atoms with Crippen LogP contribution in [0.2, 0.25) is 0 Å². The van der Waals surface area contributed by atoms with Crippen LogP contribution in [0.15, 0.2) is 0 Å². The maximum absolute atomic E-state index is 11.5. The van der Waals surface area contributed by atoms with Crippen LogP contribution in [0.25, 0.3) is 0 Å². The predicted octanol–water partition coefficient (Wildman–Crippen LogP) is 0.462. The SMILES string of the molecule is NC(=O)CC(=O)CC1CCC(CC(=O)CC(N)=O)CC1. The lowest BCUT2D eigenvalue weighted by molar-refractivity contribution is -0.129. The molecule has 1 aliphatic carbocycles. The highest BCUT2D eigenvalue weighted by atomic mass is 16.2. The summed E-state index contributed by atoms with van der Waals surface area (Å²) in [6, 6.07) is 0. The molecule has 6 heteroatoms. The Hall–Kier alpha value is -1.72. The normalized spacial score (nSPS) is 22.2. The van der Waals surface area contributed by atoms with E-state index in [0.29, 0.717) is 12.8 Å². The van der Waals surface area contributed by atoms with Crippen LogP contribution < -0.4 is 11.5 Å². The van der Waals surface area contributed by atoms with Crippen molar-refractivity contribution in [1.82, 2.24) is 0 Å². The Kier molecular flexibility index (Phi) is 6.35. The van der Waals surface area contributed by atoms with Crippen molar-refractivity contribution in [2.45, 2.75) is 51.4 Å². The number of carbonyl (C=O) groups excluding carboxylic acids is 4. The number of hydrogen-bond donors (Lipinski definition) is 2. The molecule has 0 aromatic rings. The van der Waals surface area contributed by atoms with Gasteiger partial charge >= 0.3 is 0 Å². The Balaban J connectivity index is 2.26. The summed E-state index contributed by atoms with van der Waals surface area (Å²) in [5.74, 6) is -0.813. The van der Waals surface area contributed by atoms with Gasteiger partial charge in [0.1, 0.15) is 11.6 Å². The fraction of sp³-hybridized carbons (Fsp3) is 0.714. The standard InChI is InChI=1S/C14H22N2O4/c15-13(19)7-11(17)5-9-1-2-10(4-3-9)6-12(18)8-14(16)20/h9-10H,1-8H2,(H2,15,19)(H2,16,20). The number of amides is 2. The molecular formula is C14H22N2O4. The topological polar surface area (TPSA) is 120 Å². The van der Waals surface area contributed by atoms with E-state index in [0.717, 1.165) is 25.7 Å². The van der Waals surface area contributed by atoms with Gasteiger partial charge in [0, 0.05) is 12.8 Å². The van der Waals surface area contributed by atoms with Crippen molar-refractivity contribution in [3.63, 3.8) is 0 Å². The third kappa shape index (κ3) is 6.45. The fourth-order valence-corrected chi connectivity index (χ4v) is 2.82. The van der Waals surface area contributed by atoms with Gasteiger partial charge in [0.25, 0.3) is 0 Å². The van der Waals surface area contributed by atoms with Crippen molar-refractivity contribution in [1.29, 1.82) is 0 Å². The van der Waals surface area contributed by atoms with Crippen LogP contribution in [-0.2, 0) is 19.2 Å². The Bertz CT molecular complexity index is 360. The van der Waals surface area contributed by atoms with Crippen LogP contribution in [0, 0.1) is 11.8 Å². The van der Waals surface area contributed by atoms with E-state index < -0.39 is 11.8 Å². The highest BCUT2D eigenvalue weighted by molar-refractivity contribution is 5.97. The van der Waals surface area contributed by atoms with Gasteiger partial charge in [0.15, 0.2) is 0 Å². The Labute approximate surface area is 118 Å². The molecule has 0 unspecified atom stereocenters. The van der Waals surface area contributed by atoms with Crippen LogP contribution in [0.5, 0.6) is 0 Å². The summed E-state index contributed by atoms with van der Waals surface area (Å²) in [5, 5.41) is 0. The minimum atomic E-state index is -0.583. The molecule has 0 aromatic carbocycles. The first-order valence-electron chi connectivity index (χ1n) is 6.96. The van der Waals surface area contributed by atoms with Gasteiger partial charge in [-0.3, -0.25) is 19.2 Å².